The molecule has 0 saturated carbocycles. The molecule has 3 rings (SSSR count). The first-order valence-corrected chi connectivity index (χ1v) is 7.80. The Morgan fingerprint density at radius 3 is 3.15 bits per heavy atom. The third-order valence-electron chi connectivity index (χ3n) is 3.66. The van der Waals surface area contributed by atoms with Crippen molar-refractivity contribution >= 4 is 17.2 Å². The molecule has 1 unspecified atom stereocenters. The van der Waals surface area contributed by atoms with E-state index in [1.807, 2.05) is 34.8 Å². The number of carbonyl (C=O) groups excluding carboxylic acids is 1. The van der Waals surface area contributed by atoms with E-state index >= 15 is 0 Å². The zero-order valence-corrected chi connectivity index (χ0v) is 12.1. The minimum absolute atomic E-state index is 0.191. The van der Waals surface area contributed by atoms with Gasteiger partial charge in [0.05, 0.1) is 6.04 Å². The summed E-state index contributed by atoms with van der Waals surface area (Å²) in [5.41, 5.74) is 1.12. The molecule has 1 amide bonds. The molecule has 1 aliphatic rings. The van der Waals surface area contributed by atoms with Crippen LogP contribution in [0.1, 0.15) is 35.9 Å². The van der Waals surface area contributed by atoms with Crippen LogP contribution in [0.25, 0.3) is 0 Å². The van der Waals surface area contributed by atoms with Crippen molar-refractivity contribution in [2.75, 3.05) is 6.54 Å². The Morgan fingerprint density at radius 1 is 1.45 bits per heavy atom. The summed E-state index contributed by atoms with van der Waals surface area (Å²) < 4.78 is 0. The van der Waals surface area contributed by atoms with Gasteiger partial charge in [0.1, 0.15) is 5.01 Å². The maximum Gasteiger partial charge on any atom is 0.223 e. The van der Waals surface area contributed by atoms with Crippen molar-refractivity contribution in [3.63, 3.8) is 0 Å². The quantitative estimate of drug-likeness (QED) is 0.868. The summed E-state index contributed by atoms with van der Waals surface area (Å²) in [4.78, 5) is 22.8. The van der Waals surface area contributed by atoms with Crippen LogP contribution >= 0.6 is 11.3 Å². The van der Waals surface area contributed by atoms with Crippen LogP contribution in [0.15, 0.2) is 36.1 Å². The van der Waals surface area contributed by atoms with Gasteiger partial charge >= 0.3 is 0 Å². The fraction of sp³-hybridized carbons (Fsp3) is 0.400. The van der Waals surface area contributed by atoms with Crippen molar-refractivity contribution in [1.82, 2.24) is 14.9 Å². The predicted molar refractivity (Wildman–Crippen MR) is 78.4 cm³/mol. The smallest absolute Gasteiger partial charge is 0.223 e. The van der Waals surface area contributed by atoms with E-state index in [0.29, 0.717) is 6.42 Å². The number of thiazole rings is 1. The van der Waals surface area contributed by atoms with E-state index in [1.165, 1.54) is 0 Å². The first-order valence-electron chi connectivity index (χ1n) is 6.92. The van der Waals surface area contributed by atoms with E-state index in [1.54, 1.807) is 17.5 Å². The van der Waals surface area contributed by atoms with Gasteiger partial charge in [0.2, 0.25) is 5.91 Å². The van der Waals surface area contributed by atoms with Gasteiger partial charge in [-0.1, -0.05) is 6.07 Å². The third kappa shape index (κ3) is 2.88. The zero-order chi connectivity index (χ0) is 13.8. The molecule has 0 bridgehead atoms. The maximum absolute atomic E-state index is 12.4. The first kappa shape index (κ1) is 13.2. The van der Waals surface area contributed by atoms with E-state index < -0.39 is 0 Å². The molecule has 1 fully saturated rings. The molecule has 0 radical (unpaired) electrons. The summed E-state index contributed by atoms with van der Waals surface area (Å²) in [5.74, 6) is 0.228. The number of pyridine rings is 1. The lowest BCUT2D eigenvalue weighted by Crippen LogP contribution is -2.30. The second-order valence-electron chi connectivity index (χ2n) is 4.98. The number of carbonyl (C=O) groups is 1. The lowest BCUT2D eigenvalue weighted by Gasteiger charge is -2.23. The van der Waals surface area contributed by atoms with Crippen molar-refractivity contribution in [2.45, 2.75) is 31.7 Å². The average Bonchev–Trinajstić information content (AvgIpc) is 3.15. The minimum Gasteiger partial charge on any atom is -0.333 e. The Labute approximate surface area is 122 Å². The highest BCUT2D eigenvalue weighted by atomic mass is 32.1. The second kappa shape index (κ2) is 6.13. The van der Waals surface area contributed by atoms with Gasteiger partial charge in [0, 0.05) is 36.9 Å². The maximum atomic E-state index is 12.4. The Balaban J connectivity index is 1.62. The number of rotatable bonds is 4. The third-order valence-corrected chi connectivity index (χ3v) is 4.54. The lowest BCUT2D eigenvalue weighted by molar-refractivity contribution is -0.132. The molecule has 104 valence electrons. The molecule has 1 saturated heterocycles. The van der Waals surface area contributed by atoms with Gasteiger partial charge in [-0.2, -0.15) is 0 Å². The average molecular weight is 287 g/mol. The fourth-order valence-corrected chi connectivity index (χ4v) is 3.45. The number of likely N-dealkylation sites (tertiary alicyclic amines) is 1. The molecule has 5 heteroatoms. The molecule has 4 nitrogen and oxygen atoms in total. The molecule has 0 aliphatic carbocycles. The fourth-order valence-electron chi connectivity index (χ4n) is 2.66. The van der Waals surface area contributed by atoms with Gasteiger partial charge in [-0.15, -0.1) is 11.3 Å². The number of hydrogen-bond acceptors (Lipinski definition) is 4. The summed E-state index contributed by atoms with van der Waals surface area (Å²) in [7, 11) is 0. The predicted octanol–water partition coefficient (Wildman–Crippen LogP) is 2.83. The molecular formula is C15H17N3OS. The molecule has 2 aromatic rings. The Hall–Kier alpha value is -1.75. The molecule has 2 aromatic heterocycles. The Bertz CT molecular complexity index is 556. The highest BCUT2D eigenvalue weighted by molar-refractivity contribution is 7.09. The van der Waals surface area contributed by atoms with Crippen molar-refractivity contribution < 1.29 is 4.79 Å². The summed E-state index contributed by atoms with van der Waals surface area (Å²) in [6.45, 7) is 0.857. The van der Waals surface area contributed by atoms with Gasteiger partial charge < -0.3 is 4.90 Å². The largest absolute Gasteiger partial charge is 0.333 e. The topological polar surface area (TPSA) is 46.1 Å². The molecule has 1 atom stereocenters. The number of amides is 1. The van der Waals surface area contributed by atoms with Crippen LogP contribution in [0, 0.1) is 0 Å². The van der Waals surface area contributed by atoms with E-state index in [2.05, 4.69) is 9.97 Å². The Kier molecular flexibility index (Phi) is 4.06. The highest BCUT2D eigenvalue weighted by Gasteiger charge is 2.31. The molecule has 0 N–H and O–H groups in total. The van der Waals surface area contributed by atoms with Crippen LogP contribution < -0.4 is 0 Å². The number of aromatic nitrogens is 2. The number of aryl methyl sites for hydroxylation is 1. The minimum atomic E-state index is 0.191. The molecule has 1 aliphatic heterocycles. The van der Waals surface area contributed by atoms with Gasteiger partial charge in [-0.25, -0.2) is 4.98 Å². The van der Waals surface area contributed by atoms with Crippen LogP contribution in [0.2, 0.25) is 0 Å². The van der Waals surface area contributed by atoms with E-state index in [0.717, 1.165) is 36.4 Å². The molecule has 0 aromatic carbocycles. The van der Waals surface area contributed by atoms with Crippen molar-refractivity contribution in [1.29, 1.82) is 0 Å². The normalized spacial score (nSPS) is 18.4. The number of hydrogen-bond donors (Lipinski definition) is 0. The van der Waals surface area contributed by atoms with Crippen LogP contribution in [0.3, 0.4) is 0 Å². The molecule has 20 heavy (non-hydrogen) atoms. The SMILES string of the molecule is O=C(CCc1cccnc1)N1CCCC1c1nccs1. The summed E-state index contributed by atoms with van der Waals surface area (Å²) in [6, 6.07) is 4.12. The van der Waals surface area contributed by atoms with E-state index in [-0.39, 0.29) is 11.9 Å². The van der Waals surface area contributed by atoms with Crippen molar-refractivity contribution in [2.24, 2.45) is 0 Å². The molecular weight excluding hydrogens is 270 g/mol. The van der Waals surface area contributed by atoms with Crippen LogP contribution in [-0.4, -0.2) is 27.3 Å². The van der Waals surface area contributed by atoms with Gasteiger partial charge in [0.25, 0.3) is 0 Å². The van der Waals surface area contributed by atoms with Crippen LogP contribution in [0.5, 0.6) is 0 Å². The van der Waals surface area contributed by atoms with Gasteiger partial charge in [0.15, 0.2) is 0 Å². The highest BCUT2D eigenvalue weighted by Crippen LogP contribution is 2.33. The summed E-state index contributed by atoms with van der Waals surface area (Å²) in [6.07, 6.45) is 8.81. The number of nitrogens with zero attached hydrogens (tertiary/aromatic N) is 3. The monoisotopic (exact) mass is 287 g/mol. The summed E-state index contributed by atoms with van der Waals surface area (Å²) >= 11 is 1.64. The standard InChI is InChI=1S/C15H17N3OS/c19-14(6-5-12-3-1-7-16-11-12)18-9-2-4-13(18)15-17-8-10-20-15/h1,3,7-8,10-11,13H,2,4-6,9H2. The summed E-state index contributed by atoms with van der Waals surface area (Å²) in [5, 5.41) is 3.05. The van der Waals surface area contributed by atoms with E-state index in [9.17, 15) is 4.79 Å². The lowest BCUT2D eigenvalue weighted by atomic mass is 10.1. The van der Waals surface area contributed by atoms with Gasteiger partial charge in [-0.3, -0.25) is 9.78 Å². The first-order chi connectivity index (χ1) is 9.84. The van der Waals surface area contributed by atoms with Crippen LogP contribution in [0.4, 0.5) is 0 Å². The second-order valence-corrected chi connectivity index (χ2v) is 5.90. The van der Waals surface area contributed by atoms with Crippen molar-refractivity contribution in [3.8, 4) is 0 Å². The molecule has 0 spiro atoms. The van der Waals surface area contributed by atoms with E-state index in [4.69, 9.17) is 0 Å². The van der Waals surface area contributed by atoms with Crippen LogP contribution in [-0.2, 0) is 11.2 Å². The molecule has 3 heterocycles. The van der Waals surface area contributed by atoms with Crippen molar-refractivity contribution in [3.05, 3.63) is 46.7 Å². The Morgan fingerprint density at radius 2 is 2.40 bits per heavy atom. The zero-order valence-electron chi connectivity index (χ0n) is 11.2. The van der Waals surface area contributed by atoms with Gasteiger partial charge in [-0.05, 0) is 30.9 Å².